The Kier molecular flexibility index (Phi) is 6.00. The second-order valence-electron chi connectivity index (χ2n) is 5.43. The van der Waals surface area contributed by atoms with Crippen LogP contribution in [-0.4, -0.2) is 55.6 Å². The first-order valence-corrected chi connectivity index (χ1v) is 7.29. The van der Waals surface area contributed by atoms with Crippen LogP contribution in [0.3, 0.4) is 0 Å². The van der Waals surface area contributed by atoms with E-state index >= 15 is 0 Å². The molecule has 0 aromatic heterocycles. The maximum atomic E-state index is 10.0. The van der Waals surface area contributed by atoms with E-state index in [0.717, 1.165) is 26.0 Å². The Morgan fingerprint density at radius 3 is 3.05 bits per heavy atom. The third-order valence-electron chi connectivity index (χ3n) is 3.50. The van der Waals surface area contributed by atoms with Gasteiger partial charge in [0.2, 0.25) is 0 Å². The summed E-state index contributed by atoms with van der Waals surface area (Å²) in [7, 11) is 1.97. The number of likely N-dealkylation sites (N-methyl/N-ethyl adjacent to an activating group) is 1. The highest BCUT2D eigenvalue weighted by Crippen LogP contribution is 2.17. The SMILES string of the molecule is CN(CC(O)COc1ccccc1C#N)CC1CCCO1. The quantitative estimate of drug-likeness (QED) is 0.822. The molecule has 0 saturated carbocycles. The topological polar surface area (TPSA) is 65.7 Å². The van der Waals surface area contributed by atoms with Gasteiger partial charge in [-0.05, 0) is 32.0 Å². The number of hydrogen-bond acceptors (Lipinski definition) is 5. The molecule has 5 nitrogen and oxygen atoms in total. The van der Waals surface area contributed by atoms with Gasteiger partial charge in [-0.2, -0.15) is 5.26 Å². The molecule has 1 fully saturated rings. The lowest BCUT2D eigenvalue weighted by Gasteiger charge is -2.23. The van der Waals surface area contributed by atoms with Crippen molar-refractivity contribution in [2.24, 2.45) is 0 Å². The number of nitriles is 1. The Balaban J connectivity index is 1.73. The number of benzene rings is 1. The average molecular weight is 290 g/mol. The summed E-state index contributed by atoms with van der Waals surface area (Å²) in [5.74, 6) is 0.515. The smallest absolute Gasteiger partial charge is 0.137 e. The van der Waals surface area contributed by atoms with Crippen LogP contribution in [0.25, 0.3) is 0 Å². The zero-order valence-corrected chi connectivity index (χ0v) is 12.4. The Morgan fingerprint density at radius 2 is 2.33 bits per heavy atom. The van der Waals surface area contributed by atoms with Crippen molar-refractivity contribution in [3.63, 3.8) is 0 Å². The second-order valence-corrected chi connectivity index (χ2v) is 5.43. The Morgan fingerprint density at radius 1 is 1.52 bits per heavy atom. The Labute approximate surface area is 125 Å². The maximum absolute atomic E-state index is 10.0. The molecule has 0 amide bonds. The second kappa shape index (κ2) is 7.99. The normalized spacial score (nSPS) is 19.4. The minimum atomic E-state index is -0.594. The van der Waals surface area contributed by atoms with Gasteiger partial charge >= 0.3 is 0 Å². The molecule has 0 radical (unpaired) electrons. The molecule has 1 heterocycles. The van der Waals surface area contributed by atoms with Gasteiger partial charge in [0.1, 0.15) is 24.5 Å². The fraction of sp³-hybridized carbons (Fsp3) is 0.562. The highest BCUT2D eigenvalue weighted by molar-refractivity contribution is 5.42. The minimum Gasteiger partial charge on any atom is -0.489 e. The van der Waals surface area contributed by atoms with E-state index in [0.29, 0.717) is 17.9 Å². The first kappa shape index (κ1) is 15.8. The van der Waals surface area contributed by atoms with E-state index in [4.69, 9.17) is 14.7 Å². The van der Waals surface area contributed by atoms with Crippen molar-refractivity contribution in [1.82, 2.24) is 4.90 Å². The van der Waals surface area contributed by atoms with Crippen LogP contribution in [0, 0.1) is 11.3 Å². The molecule has 1 N–H and O–H groups in total. The predicted octanol–water partition coefficient (Wildman–Crippen LogP) is 1.41. The van der Waals surface area contributed by atoms with Crippen LogP contribution >= 0.6 is 0 Å². The summed E-state index contributed by atoms with van der Waals surface area (Å²) in [4.78, 5) is 2.06. The van der Waals surface area contributed by atoms with Gasteiger partial charge in [0, 0.05) is 19.7 Å². The zero-order chi connectivity index (χ0) is 15.1. The largest absolute Gasteiger partial charge is 0.489 e. The molecular weight excluding hydrogens is 268 g/mol. The molecule has 1 saturated heterocycles. The Bertz CT molecular complexity index is 481. The molecule has 0 aliphatic carbocycles. The fourth-order valence-electron chi connectivity index (χ4n) is 2.49. The summed E-state index contributed by atoms with van der Waals surface area (Å²) in [5, 5.41) is 19.0. The first-order valence-electron chi connectivity index (χ1n) is 7.29. The van der Waals surface area contributed by atoms with Gasteiger partial charge in [-0.1, -0.05) is 12.1 Å². The maximum Gasteiger partial charge on any atom is 0.137 e. The van der Waals surface area contributed by atoms with Gasteiger partial charge in [-0.3, -0.25) is 0 Å². The van der Waals surface area contributed by atoms with E-state index < -0.39 is 6.10 Å². The van der Waals surface area contributed by atoms with Crippen molar-refractivity contribution >= 4 is 0 Å². The van der Waals surface area contributed by atoms with Crippen LogP contribution in [0.5, 0.6) is 5.75 Å². The number of hydrogen-bond donors (Lipinski definition) is 1. The van der Waals surface area contributed by atoms with Gasteiger partial charge in [-0.25, -0.2) is 0 Å². The molecule has 1 aromatic rings. The standard InChI is InChI=1S/C16H22N2O3/c1-18(11-15-6-4-8-20-15)10-14(19)12-21-16-7-3-2-5-13(16)9-17/h2-3,5,7,14-15,19H,4,6,8,10-12H2,1H3. The van der Waals surface area contributed by atoms with Crippen molar-refractivity contribution in [3.8, 4) is 11.8 Å². The summed E-state index contributed by atoms with van der Waals surface area (Å²) in [6.07, 6.45) is 1.90. The monoisotopic (exact) mass is 290 g/mol. The van der Waals surface area contributed by atoms with Gasteiger partial charge < -0.3 is 19.5 Å². The summed E-state index contributed by atoms with van der Waals surface area (Å²) in [6, 6.07) is 9.11. The molecule has 5 heteroatoms. The fourth-order valence-corrected chi connectivity index (χ4v) is 2.49. The molecule has 2 unspecified atom stereocenters. The lowest BCUT2D eigenvalue weighted by molar-refractivity contribution is 0.0443. The lowest BCUT2D eigenvalue weighted by atomic mass is 10.2. The van der Waals surface area contributed by atoms with Crippen molar-refractivity contribution in [2.45, 2.75) is 25.0 Å². The average Bonchev–Trinajstić information content (AvgIpc) is 2.98. The molecule has 0 spiro atoms. The van der Waals surface area contributed by atoms with E-state index in [2.05, 4.69) is 11.0 Å². The van der Waals surface area contributed by atoms with Gasteiger partial charge in [0.25, 0.3) is 0 Å². The van der Waals surface area contributed by atoms with Crippen LogP contribution in [-0.2, 0) is 4.74 Å². The van der Waals surface area contributed by atoms with E-state index in [1.165, 1.54) is 0 Å². The van der Waals surface area contributed by atoms with Crippen LogP contribution in [0.4, 0.5) is 0 Å². The molecule has 0 bridgehead atoms. The third-order valence-corrected chi connectivity index (χ3v) is 3.50. The van der Waals surface area contributed by atoms with E-state index in [1.807, 2.05) is 13.1 Å². The highest BCUT2D eigenvalue weighted by Gasteiger charge is 2.19. The molecule has 1 aromatic carbocycles. The summed E-state index contributed by atoms with van der Waals surface area (Å²) in [5.41, 5.74) is 0.484. The summed E-state index contributed by atoms with van der Waals surface area (Å²) >= 11 is 0. The molecule has 21 heavy (non-hydrogen) atoms. The minimum absolute atomic E-state index is 0.175. The number of aliphatic hydroxyl groups excluding tert-OH is 1. The molecule has 114 valence electrons. The summed E-state index contributed by atoms with van der Waals surface area (Å²) in [6.45, 7) is 2.37. The highest BCUT2D eigenvalue weighted by atomic mass is 16.5. The molecule has 2 rings (SSSR count). The van der Waals surface area contributed by atoms with E-state index in [-0.39, 0.29) is 12.7 Å². The molecule has 1 aliphatic heterocycles. The third kappa shape index (κ3) is 5.01. The summed E-state index contributed by atoms with van der Waals surface area (Å²) < 4.78 is 11.1. The predicted molar refractivity (Wildman–Crippen MR) is 79.1 cm³/mol. The van der Waals surface area contributed by atoms with Gasteiger partial charge in [0.05, 0.1) is 11.7 Å². The first-order chi connectivity index (χ1) is 10.2. The van der Waals surface area contributed by atoms with Gasteiger partial charge in [-0.15, -0.1) is 0 Å². The number of para-hydroxylation sites is 1. The van der Waals surface area contributed by atoms with Crippen molar-refractivity contribution in [1.29, 1.82) is 5.26 Å². The lowest BCUT2D eigenvalue weighted by Crippen LogP contribution is -2.37. The Hall–Kier alpha value is -1.61. The number of ether oxygens (including phenoxy) is 2. The van der Waals surface area contributed by atoms with E-state index in [9.17, 15) is 5.11 Å². The van der Waals surface area contributed by atoms with Crippen LogP contribution in [0.15, 0.2) is 24.3 Å². The van der Waals surface area contributed by atoms with Crippen molar-refractivity contribution < 1.29 is 14.6 Å². The molecule has 1 aliphatic rings. The van der Waals surface area contributed by atoms with Crippen molar-refractivity contribution in [2.75, 3.05) is 33.4 Å². The van der Waals surface area contributed by atoms with E-state index in [1.54, 1.807) is 18.2 Å². The molecule has 2 atom stereocenters. The van der Waals surface area contributed by atoms with Crippen LogP contribution in [0.1, 0.15) is 18.4 Å². The molecular formula is C16H22N2O3. The van der Waals surface area contributed by atoms with Gasteiger partial charge in [0.15, 0.2) is 0 Å². The zero-order valence-electron chi connectivity index (χ0n) is 12.4. The van der Waals surface area contributed by atoms with Crippen LogP contribution < -0.4 is 4.74 Å². The number of rotatable bonds is 7. The van der Waals surface area contributed by atoms with Crippen LogP contribution in [0.2, 0.25) is 0 Å². The number of nitrogens with zero attached hydrogens (tertiary/aromatic N) is 2. The van der Waals surface area contributed by atoms with Crippen molar-refractivity contribution in [3.05, 3.63) is 29.8 Å². The number of aliphatic hydroxyl groups is 1.